The molecule has 0 spiro atoms. The van der Waals surface area contributed by atoms with Gasteiger partial charge in [0, 0.05) is 0 Å². The van der Waals surface area contributed by atoms with Crippen LogP contribution in [-0.4, -0.2) is 23.3 Å². The van der Waals surface area contributed by atoms with Gasteiger partial charge in [-0.15, -0.1) is 0 Å². The predicted molar refractivity (Wildman–Crippen MR) is 111 cm³/mol. The molecule has 0 bridgehead atoms. The van der Waals surface area contributed by atoms with Gasteiger partial charge in [0.05, 0.1) is 0 Å². The lowest BCUT2D eigenvalue weighted by molar-refractivity contribution is -0.212. The Balaban J connectivity index is 1.59. The predicted octanol–water partition coefficient (Wildman–Crippen LogP) is 4.49. The fraction of sp³-hybridized carbons (Fsp3) is 0.160. The molecule has 4 nitrogen and oxygen atoms in total. The number of benzene rings is 3. The van der Waals surface area contributed by atoms with Crippen molar-refractivity contribution in [2.75, 3.05) is 0 Å². The van der Waals surface area contributed by atoms with Gasteiger partial charge in [-0.2, -0.15) is 0 Å². The van der Waals surface area contributed by atoms with Crippen LogP contribution in [0.15, 0.2) is 97.1 Å². The molecule has 0 aromatic heterocycles. The second-order valence-corrected chi connectivity index (χ2v) is 6.92. The van der Waals surface area contributed by atoms with Gasteiger partial charge >= 0.3 is 5.97 Å². The topological polar surface area (TPSA) is 55.8 Å². The van der Waals surface area contributed by atoms with E-state index in [0.717, 1.165) is 16.7 Å². The number of esters is 1. The summed E-state index contributed by atoms with van der Waals surface area (Å²) >= 11 is 0. The molecule has 4 heteroatoms. The first-order chi connectivity index (χ1) is 14.2. The van der Waals surface area contributed by atoms with E-state index in [1.807, 2.05) is 91.0 Å². The van der Waals surface area contributed by atoms with E-state index in [0.29, 0.717) is 0 Å². The SMILES string of the molecule is O=C1O[C@@H](c2ccccc2)[C@H](c2ccccc2)O[C@@H]1[C@H](O)/C=C/c1ccccc1. The van der Waals surface area contributed by atoms with Crippen LogP contribution in [0.2, 0.25) is 0 Å². The Hall–Kier alpha value is -3.21. The van der Waals surface area contributed by atoms with Gasteiger partial charge in [0.2, 0.25) is 0 Å². The number of hydrogen-bond acceptors (Lipinski definition) is 4. The van der Waals surface area contributed by atoms with Crippen molar-refractivity contribution < 1.29 is 19.4 Å². The van der Waals surface area contributed by atoms with Gasteiger partial charge in [-0.3, -0.25) is 0 Å². The largest absolute Gasteiger partial charge is 0.452 e. The van der Waals surface area contributed by atoms with E-state index < -0.39 is 30.4 Å². The van der Waals surface area contributed by atoms with Crippen LogP contribution >= 0.6 is 0 Å². The molecule has 4 atom stereocenters. The minimum atomic E-state index is -1.12. The van der Waals surface area contributed by atoms with Gasteiger partial charge in [-0.05, 0) is 16.7 Å². The van der Waals surface area contributed by atoms with Crippen LogP contribution < -0.4 is 0 Å². The van der Waals surface area contributed by atoms with E-state index in [1.54, 1.807) is 12.2 Å². The molecule has 1 N–H and O–H groups in total. The average Bonchev–Trinajstić information content (AvgIpc) is 2.79. The zero-order valence-corrected chi connectivity index (χ0v) is 15.8. The first-order valence-corrected chi connectivity index (χ1v) is 9.59. The van der Waals surface area contributed by atoms with E-state index in [-0.39, 0.29) is 0 Å². The Morgan fingerprint density at radius 1 is 0.759 bits per heavy atom. The minimum absolute atomic E-state index is 0.513. The highest BCUT2D eigenvalue weighted by atomic mass is 16.6. The van der Waals surface area contributed by atoms with Crippen molar-refractivity contribution in [2.45, 2.75) is 24.4 Å². The van der Waals surface area contributed by atoms with Crippen molar-refractivity contribution in [1.29, 1.82) is 0 Å². The van der Waals surface area contributed by atoms with Gasteiger partial charge in [0.15, 0.2) is 12.2 Å². The summed E-state index contributed by atoms with van der Waals surface area (Å²) in [6.07, 6.45) is 0.0216. The molecular formula is C25H22O4. The average molecular weight is 386 g/mol. The lowest BCUT2D eigenvalue weighted by Crippen LogP contribution is -2.44. The first-order valence-electron chi connectivity index (χ1n) is 9.59. The molecule has 3 aromatic rings. The molecular weight excluding hydrogens is 364 g/mol. The van der Waals surface area contributed by atoms with Crippen LogP contribution in [0.4, 0.5) is 0 Å². The molecule has 29 heavy (non-hydrogen) atoms. The monoisotopic (exact) mass is 386 g/mol. The van der Waals surface area contributed by atoms with Crippen LogP contribution in [-0.2, 0) is 14.3 Å². The maximum Gasteiger partial charge on any atom is 0.339 e. The molecule has 1 aliphatic rings. The van der Waals surface area contributed by atoms with Crippen LogP contribution in [0.3, 0.4) is 0 Å². The second-order valence-electron chi connectivity index (χ2n) is 6.92. The molecule has 1 heterocycles. The normalized spacial score (nSPS) is 22.9. The van der Waals surface area contributed by atoms with Crippen molar-refractivity contribution >= 4 is 12.0 Å². The van der Waals surface area contributed by atoms with E-state index in [9.17, 15) is 9.90 Å². The van der Waals surface area contributed by atoms with E-state index in [4.69, 9.17) is 9.47 Å². The summed E-state index contributed by atoms with van der Waals surface area (Å²) in [6, 6.07) is 28.7. The zero-order chi connectivity index (χ0) is 20.1. The fourth-order valence-corrected chi connectivity index (χ4v) is 3.42. The Morgan fingerprint density at radius 3 is 1.86 bits per heavy atom. The first kappa shape index (κ1) is 19.1. The third-order valence-electron chi connectivity index (χ3n) is 4.90. The summed E-state index contributed by atoms with van der Waals surface area (Å²) in [5, 5.41) is 10.6. The smallest absolute Gasteiger partial charge is 0.339 e. The molecule has 1 fully saturated rings. The minimum Gasteiger partial charge on any atom is -0.452 e. The standard InChI is InChI=1S/C25H22O4/c26-21(17-16-18-10-4-1-5-11-18)24-25(27)29-23(20-14-8-3-9-15-20)22(28-24)19-12-6-2-7-13-19/h1-17,21-24,26H/b17-16+/t21-,22+,23+,24-/m1/s1. The third kappa shape index (κ3) is 4.45. The van der Waals surface area contributed by atoms with Gasteiger partial charge < -0.3 is 14.6 Å². The van der Waals surface area contributed by atoms with E-state index in [2.05, 4.69) is 0 Å². The number of aliphatic hydroxyl groups is 1. The quantitative estimate of drug-likeness (QED) is 0.657. The maximum atomic E-state index is 12.7. The van der Waals surface area contributed by atoms with Crippen molar-refractivity contribution in [3.8, 4) is 0 Å². The summed E-state index contributed by atoms with van der Waals surface area (Å²) in [6.45, 7) is 0. The summed E-state index contributed by atoms with van der Waals surface area (Å²) < 4.78 is 11.9. The molecule has 1 aliphatic heterocycles. The Kier molecular flexibility index (Phi) is 5.84. The highest BCUT2D eigenvalue weighted by Crippen LogP contribution is 2.40. The van der Waals surface area contributed by atoms with Gasteiger partial charge in [0.25, 0.3) is 0 Å². The third-order valence-corrected chi connectivity index (χ3v) is 4.90. The van der Waals surface area contributed by atoms with E-state index >= 15 is 0 Å². The van der Waals surface area contributed by atoms with Crippen molar-refractivity contribution in [3.63, 3.8) is 0 Å². The molecule has 4 rings (SSSR count). The number of aliphatic hydroxyl groups excluding tert-OH is 1. The number of cyclic esters (lactones) is 1. The fourth-order valence-electron chi connectivity index (χ4n) is 3.42. The molecule has 0 aliphatic carbocycles. The van der Waals surface area contributed by atoms with Crippen LogP contribution in [0.25, 0.3) is 6.08 Å². The molecule has 0 radical (unpaired) electrons. The van der Waals surface area contributed by atoms with Crippen molar-refractivity contribution in [3.05, 3.63) is 114 Å². The molecule has 0 saturated carbocycles. The van der Waals surface area contributed by atoms with Crippen LogP contribution in [0, 0.1) is 0 Å². The Morgan fingerprint density at radius 2 is 1.28 bits per heavy atom. The lowest BCUT2D eigenvalue weighted by Gasteiger charge is -2.37. The number of carbonyl (C=O) groups excluding carboxylic acids is 1. The summed E-state index contributed by atoms with van der Waals surface area (Å²) in [5.41, 5.74) is 2.66. The summed E-state index contributed by atoms with van der Waals surface area (Å²) in [4.78, 5) is 12.7. The van der Waals surface area contributed by atoms with Crippen molar-refractivity contribution in [1.82, 2.24) is 0 Å². The number of hydrogen-bond donors (Lipinski definition) is 1. The number of carbonyl (C=O) groups is 1. The number of rotatable bonds is 5. The molecule has 0 unspecified atom stereocenters. The molecule has 3 aromatic carbocycles. The van der Waals surface area contributed by atoms with Gasteiger partial charge in [-0.1, -0.05) is 103 Å². The second kappa shape index (κ2) is 8.86. The summed E-state index contributed by atoms with van der Waals surface area (Å²) in [7, 11) is 0. The maximum absolute atomic E-state index is 12.7. The molecule has 146 valence electrons. The zero-order valence-electron chi connectivity index (χ0n) is 15.8. The van der Waals surface area contributed by atoms with Gasteiger partial charge in [0.1, 0.15) is 12.2 Å². The Labute approximate surface area is 170 Å². The van der Waals surface area contributed by atoms with Gasteiger partial charge in [-0.25, -0.2) is 4.79 Å². The highest BCUT2D eigenvalue weighted by molar-refractivity contribution is 5.77. The summed E-state index contributed by atoms with van der Waals surface area (Å²) in [5.74, 6) is -0.573. The highest BCUT2D eigenvalue weighted by Gasteiger charge is 2.42. The lowest BCUT2D eigenvalue weighted by atomic mass is 9.96. The Bertz CT molecular complexity index is 954. The van der Waals surface area contributed by atoms with Crippen LogP contribution in [0.5, 0.6) is 0 Å². The number of ether oxygens (including phenoxy) is 2. The van der Waals surface area contributed by atoms with E-state index in [1.165, 1.54) is 0 Å². The van der Waals surface area contributed by atoms with Crippen LogP contribution in [0.1, 0.15) is 28.9 Å². The molecule has 1 saturated heterocycles. The van der Waals surface area contributed by atoms with Crippen molar-refractivity contribution in [2.24, 2.45) is 0 Å². The molecule has 0 amide bonds.